The fraction of sp³-hybridized carbons (Fsp3) is 0.895. The Kier molecular flexibility index (Phi) is 34.1. The number of carbonyl (C=O) groups excluding carboxylic acids is 2. The summed E-state index contributed by atoms with van der Waals surface area (Å²) in [6.45, 7) is 6.06. The zero-order valence-electron chi connectivity index (χ0n) is 27.9. The van der Waals surface area contributed by atoms with Crippen molar-refractivity contribution in [3.05, 3.63) is 12.7 Å². The second kappa shape index (κ2) is 35.1. The van der Waals surface area contributed by atoms with E-state index in [0.29, 0.717) is 12.8 Å². The Morgan fingerprint density at radius 2 is 0.659 bits per heavy atom. The highest BCUT2D eigenvalue weighted by atomic mass is 16.2. The molecular formula is C38H73NO2. The van der Waals surface area contributed by atoms with Crippen molar-refractivity contribution < 1.29 is 9.59 Å². The lowest BCUT2D eigenvalue weighted by atomic mass is 10.0. The van der Waals surface area contributed by atoms with Gasteiger partial charge in [-0.25, -0.2) is 0 Å². The van der Waals surface area contributed by atoms with Crippen LogP contribution in [0.15, 0.2) is 12.7 Å². The minimum Gasteiger partial charge on any atom is -0.296 e. The molecule has 0 aliphatic rings. The van der Waals surface area contributed by atoms with Gasteiger partial charge in [-0.15, -0.1) is 6.58 Å². The van der Waals surface area contributed by atoms with Gasteiger partial charge in [-0.3, -0.25) is 14.9 Å². The molecule has 0 saturated heterocycles. The zero-order valence-corrected chi connectivity index (χ0v) is 27.9. The number of imide groups is 1. The van der Waals surface area contributed by atoms with Gasteiger partial charge in [0, 0.05) is 12.8 Å². The highest BCUT2D eigenvalue weighted by Crippen LogP contribution is 2.15. The van der Waals surface area contributed by atoms with E-state index in [1.165, 1.54) is 173 Å². The monoisotopic (exact) mass is 576 g/mol. The quantitative estimate of drug-likeness (QED) is 0.0612. The molecule has 0 unspecified atom stereocenters. The maximum Gasteiger partial charge on any atom is 0.226 e. The van der Waals surface area contributed by atoms with Crippen LogP contribution in [-0.4, -0.2) is 11.8 Å². The Bertz CT molecular complexity index is 558. The van der Waals surface area contributed by atoms with Gasteiger partial charge in [0.1, 0.15) is 0 Å². The van der Waals surface area contributed by atoms with Crippen molar-refractivity contribution in [1.82, 2.24) is 5.32 Å². The van der Waals surface area contributed by atoms with Crippen molar-refractivity contribution in [3.63, 3.8) is 0 Å². The molecular weight excluding hydrogens is 502 g/mol. The third-order valence-corrected chi connectivity index (χ3v) is 8.60. The minimum absolute atomic E-state index is 0.0757. The van der Waals surface area contributed by atoms with E-state index >= 15 is 0 Å². The van der Waals surface area contributed by atoms with E-state index in [1.807, 2.05) is 6.08 Å². The van der Waals surface area contributed by atoms with Crippen molar-refractivity contribution in [2.24, 2.45) is 0 Å². The molecule has 0 rings (SSSR count). The minimum atomic E-state index is -0.0762. The molecule has 3 heteroatoms. The summed E-state index contributed by atoms with van der Waals surface area (Å²) in [5.74, 6) is -0.152. The van der Waals surface area contributed by atoms with Gasteiger partial charge in [0.25, 0.3) is 0 Å². The summed E-state index contributed by atoms with van der Waals surface area (Å²) in [6, 6.07) is 0. The molecule has 3 nitrogen and oxygen atoms in total. The standard InChI is InChI=1S/C38H73NO2/c1-3-5-7-9-11-13-15-17-19-20-22-24-26-28-30-32-34-36-38(41)39-37(40)35-33-31-29-27-25-23-21-18-16-14-12-10-8-6-4-2/h3H,1,4-36H2,2H3,(H,39,40,41). The van der Waals surface area contributed by atoms with Gasteiger partial charge in [-0.2, -0.15) is 0 Å². The molecule has 0 saturated carbocycles. The second-order valence-corrected chi connectivity index (χ2v) is 12.8. The summed E-state index contributed by atoms with van der Waals surface area (Å²) in [5.41, 5.74) is 0. The molecule has 0 radical (unpaired) electrons. The van der Waals surface area contributed by atoms with Crippen LogP contribution in [0.3, 0.4) is 0 Å². The number of rotatable bonds is 34. The van der Waals surface area contributed by atoms with Crippen molar-refractivity contribution in [3.8, 4) is 0 Å². The Morgan fingerprint density at radius 3 is 0.927 bits per heavy atom. The number of nitrogens with one attached hydrogen (secondary N) is 1. The van der Waals surface area contributed by atoms with Gasteiger partial charge >= 0.3 is 0 Å². The fourth-order valence-corrected chi connectivity index (χ4v) is 5.81. The summed E-state index contributed by atoms with van der Waals surface area (Å²) in [7, 11) is 0. The van der Waals surface area contributed by atoms with Crippen LogP contribution in [0.2, 0.25) is 0 Å². The van der Waals surface area contributed by atoms with E-state index in [9.17, 15) is 9.59 Å². The van der Waals surface area contributed by atoms with E-state index in [4.69, 9.17) is 0 Å². The van der Waals surface area contributed by atoms with Crippen molar-refractivity contribution >= 4 is 11.8 Å². The molecule has 0 fully saturated rings. The van der Waals surface area contributed by atoms with Crippen LogP contribution in [-0.2, 0) is 9.59 Å². The van der Waals surface area contributed by atoms with E-state index in [1.54, 1.807) is 0 Å². The summed E-state index contributed by atoms with van der Waals surface area (Å²) in [5, 5.41) is 2.60. The fourth-order valence-electron chi connectivity index (χ4n) is 5.81. The molecule has 0 aromatic rings. The maximum atomic E-state index is 12.0. The van der Waals surface area contributed by atoms with Crippen molar-refractivity contribution in [2.75, 3.05) is 0 Å². The molecule has 41 heavy (non-hydrogen) atoms. The van der Waals surface area contributed by atoms with E-state index in [0.717, 1.165) is 25.7 Å². The highest BCUT2D eigenvalue weighted by molar-refractivity contribution is 5.95. The van der Waals surface area contributed by atoms with Gasteiger partial charge in [-0.1, -0.05) is 186 Å². The Hall–Kier alpha value is -1.12. The molecule has 0 spiro atoms. The first kappa shape index (κ1) is 39.9. The maximum absolute atomic E-state index is 12.0. The number of hydrogen-bond acceptors (Lipinski definition) is 2. The molecule has 0 aliphatic heterocycles. The van der Waals surface area contributed by atoms with Gasteiger partial charge in [-0.05, 0) is 25.7 Å². The Labute approximate surface area is 257 Å². The summed E-state index contributed by atoms with van der Waals surface area (Å²) in [6.07, 6.45) is 43.7. The van der Waals surface area contributed by atoms with Crippen LogP contribution < -0.4 is 5.32 Å². The van der Waals surface area contributed by atoms with Crippen LogP contribution in [0.25, 0.3) is 0 Å². The van der Waals surface area contributed by atoms with E-state index in [2.05, 4.69) is 18.8 Å². The van der Waals surface area contributed by atoms with Crippen LogP contribution >= 0.6 is 0 Å². The van der Waals surface area contributed by atoms with Crippen molar-refractivity contribution in [1.29, 1.82) is 0 Å². The molecule has 1 N–H and O–H groups in total. The third-order valence-electron chi connectivity index (χ3n) is 8.60. The number of carbonyl (C=O) groups is 2. The van der Waals surface area contributed by atoms with Crippen molar-refractivity contribution in [2.45, 2.75) is 219 Å². The lowest BCUT2D eigenvalue weighted by molar-refractivity contribution is -0.130. The first-order valence-corrected chi connectivity index (χ1v) is 18.6. The average molecular weight is 576 g/mol. The summed E-state index contributed by atoms with van der Waals surface area (Å²) >= 11 is 0. The number of allylic oxidation sites excluding steroid dienone is 1. The van der Waals surface area contributed by atoms with Crippen LogP contribution in [0.1, 0.15) is 219 Å². The van der Waals surface area contributed by atoms with Crippen LogP contribution in [0, 0.1) is 0 Å². The predicted molar refractivity (Wildman–Crippen MR) is 181 cm³/mol. The number of hydrogen-bond donors (Lipinski definition) is 1. The van der Waals surface area contributed by atoms with Gasteiger partial charge in [0.15, 0.2) is 0 Å². The average Bonchev–Trinajstić information content (AvgIpc) is 2.96. The highest BCUT2D eigenvalue weighted by Gasteiger charge is 2.07. The summed E-state index contributed by atoms with van der Waals surface area (Å²) < 4.78 is 0. The third kappa shape index (κ3) is 35.0. The molecule has 0 aromatic carbocycles. The normalized spacial score (nSPS) is 11.1. The Balaban J connectivity index is 3.27. The second-order valence-electron chi connectivity index (χ2n) is 12.8. The molecule has 0 bridgehead atoms. The van der Waals surface area contributed by atoms with E-state index in [-0.39, 0.29) is 11.8 Å². The first-order valence-electron chi connectivity index (χ1n) is 18.6. The van der Waals surface area contributed by atoms with Gasteiger partial charge in [0.2, 0.25) is 11.8 Å². The lowest BCUT2D eigenvalue weighted by Gasteiger charge is -2.05. The molecule has 0 aliphatic carbocycles. The number of unbranched alkanes of at least 4 members (excludes halogenated alkanes) is 29. The first-order chi connectivity index (χ1) is 20.2. The molecule has 2 amide bonds. The predicted octanol–water partition coefficient (Wildman–Crippen LogP) is 12.7. The largest absolute Gasteiger partial charge is 0.296 e. The van der Waals surface area contributed by atoms with Crippen LogP contribution in [0.4, 0.5) is 0 Å². The van der Waals surface area contributed by atoms with Gasteiger partial charge in [0.05, 0.1) is 0 Å². The zero-order chi connectivity index (χ0) is 29.9. The van der Waals surface area contributed by atoms with E-state index < -0.39 is 0 Å². The number of amides is 2. The smallest absolute Gasteiger partial charge is 0.226 e. The van der Waals surface area contributed by atoms with Gasteiger partial charge < -0.3 is 0 Å². The Morgan fingerprint density at radius 1 is 0.415 bits per heavy atom. The molecule has 0 atom stereocenters. The molecule has 0 heterocycles. The lowest BCUT2D eigenvalue weighted by Crippen LogP contribution is -2.29. The summed E-state index contributed by atoms with van der Waals surface area (Å²) in [4.78, 5) is 24.1. The molecule has 242 valence electrons. The SMILES string of the molecule is C=CCCCCCCCCCCCCCCCCCC(=O)NC(=O)CCCCCCCCCCCCCCCCC. The molecule has 0 aromatic heterocycles. The topological polar surface area (TPSA) is 46.2 Å². The van der Waals surface area contributed by atoms with Crippen LogP contribution in [0.5, 0.6) is 0 Å².